The van der Waals surface area contributed by atoms with E-state index in [0.717, 1.165) is 99.2 Å². The highest BCUT2D eigenvalue weighted by atomic mass is 16.4. The van der Waals surface area contributed by atoms with Crippen LogP contribution >= 0.6 is 0 Å². The van der Waals surface area contributed by atoms with Crippen molar-refractivity contribution >= 4 is 100 Å². The predicted molar refractivity (Wildman–Crippen MR) is 236 cm³/mol. The molecule has 8 aromatic carbocycles. The van der Waals surface area contributed by atoms with Crippen LogP contribution in [0.25, 0.3) is 110 Å². The van der Waals surface area contributed by atoms with Gasteiger partial charge < -0.3 is 28.0 Å². The quantitative estimate of drug-likeness (QED) is 0.176. The molecule has 0 spiro atoms. The van der Waals surface area contributed by atoms with Gasteiger partial charge in [-0.15, -0.1) is 0 Å². The van der Waals surface area contributed by atoms with E-state index in [2.05, 4.69) is 118 Å². The number of fused-ring (bicyclic) bond motifs is 12. The van der Waals surface area contributed by atoms with Gasteiger partial charge in [-0.05, 0) is 102 Å². The van der Waals surface area contributed by atoms with E-state index >= 15 is 0 Å². The minimum atomic E-state index is -1.58. The average Bonchev–Trinajstić information content (AvgIpc) is 4.01. The standard InChI is InChI=1S/C48H29BN2O4.C2H6/c52-49(53)30-15-20-44-38(25-30)37-24-29(14-19-43(37)51(44)32-17-22-48-40(27-32)35-9-3-6-12-46(35)55-48)28-13-18-42-36(23-28)33-7-1-4-10-41(33)50(42)31-16-21-47-39(26-31)34-8-2-5-11-45(34)54-47;1-2/h1-27,52-53H;1-2H3. The molecule has 0 bridgehead atoms. The molecule has 0 aliphatic carbocycles. The Balaban J connectivity index is 0.00000184. The van der Waals surface area contributed by atoms with Crippen molar-refractivity contribution in [1.29, 1.82) is 0 Å². The SMILES string of the molecule is CC.OB(O)c1ccc2c(c1)c1cc(-c3ccc4c(c3)c3ccccc3n4-c3ccc4oc5ccccc5c4c3)ccc1n2-c1ccc2oc3ccccc3c2c1. The number of aromatic nitrogens is 2. The number of rotatable bonds is 4. The molecule has 12 rings (SSSR count). The van der Waals surface area contributed by atoms with Gasteiger partial charge in [0.2, 0.25) is 0 Å². The summed E-state index contributed by atoms with van der Waals surface area (Å²) in [5.74, 6) is 0. The van der Waals surface area contributed by atoms with Gasteiger partial charge in [0, 0.05) is 54.5 Å². The Morgan fingerprint density at radius 3 is 1.33 bits per heavy atom. The van der Waals surface area contributed by atoms with Crippen molar-refractivity contribution in [2.24, 2.45) is 0 Å². The van der Waals surface area contributed by atoms with E-state index in [1.54, 1.807) is 6.07 Å². The van der Waals surface area contributed by atoms with Crippen LogP contribution in [0.15, 0.2) is 173 Å². The van der Waals surface area contributed by atoms with Crippen molar-refractivity contribution < 1.29 is 18.9 Å². The summed E-state index contributed by atoms with van der Waals surface area (Å²) in [6.07, 6.45) is 0. The van der Waals surface area contributed by atoms with Gasteiger partial charge in [0.05, 0.1) is 22.1 Å². The molecule has 6 nitrogen and oxygen atoms in total. The highest BCUT2D eigenvalue weighted by Crippen LogP contribution is 2.40. The van der Waals surface area contributed by atoms with Gasteiger partial charge in [-0.2, -0.15) is 0 Å². The van der Waals surface area contributed by atoms with Gasteiger partial charge in [-0.25, -0.2) is 0 Å². The molecule has 0 saturated heterocycles. The van der Waals surface area contributed by atoms with Gasteiger partial charge in [0.1, 0.15) is 22.3 Å². The van der Waals surface area contributed by atoms with E-state index in [-0.39, 0.29) is 0 Å². The van der Waals surface area contributed by atoms with Crippen LogP contribution in [0.1, 0.15) is 13.8 Å². The van der Waals surface area contributed by atoms with Crippen molar-refractivity contribution in [2.75, 3.05) is 0 Å². The Bertz CT molecular complexity index is 3550. The fourth-order valence-electron chi connectivity index (χ4n) is 8.80. The number of hydrogen-bond donors (Lipinski definition) is 2. The maximum Gasteiger partial charge on any atom is 0.488 e. The zero-order valence-electron chi connectivity index (χ0n) is 31.3. The molecule has 0 aliphatic rings. The van der Waals surface area contributed by atoms with Crippen molar-refractivity contribution in [3.63, 3.8) is 0 Å². The molecular weight excluding hydrogens is 703 g/mol. The topological polar surface area (TPSA) is 76.6 Å². The molecular formula is C50H35BN2O4. The van der Waals surface area contributed by atoms with Gasteiger partial charge in [-0.1, -0.05) is 92.7 Å². The summed E-state index contributed by atoms with van der Waals surface area (Å²) < 4.78 is 16.9. The molecule has 0 fully saturated rings. The number of benzene rings is 8. The van der Waals surface area contributed by atoms with Gasteiger partial charge in [-0.3, -0.25) is 0 Å². The minimum Gasteiger partial charge on any atom is -0.456 e. The molecule has 272 valence electrons. The summed E-state index contributed by atoms with van der Waals surface area (Å²) in [6, 6.07) is 56.6. The van der Waals surface area contributed by atoms with Crippen molar-refractivity contribution in [2.45, 2.75) is 13.8 Å². The largest absolute Gasteiger partial charge is 0.488 e. The van der Waals surface area contributed by atoms with E-state index in [4.69, 9.17) is 8.83 Å². The van der Waals surface area contributed by atoms with Crippen LogP contribution in [0.3, 0.4) is 0 Å². The Hall–Kier alpha value is -7.06. The average molecular weight is 739 g/mol. The zero-order valence-corrected chi connectivity index (χ0v) is 31.3. The Morgan fingerprint density at radius 1 is 0.368 bits per heavy atom. The molecule has 57 heavy (non-hydrogen) atoms. The van der Waals surface area contributed by atoms with Gasteiger partial charge >= 0.3 is 7.12 Å². The molecule has 12 aromatic rings. The van der Waals surface area contributed by atoms with Crippen molar-refractivity contribution in [1.82, 2.24) is 9.13 Å². The summed E-state index contributed by atoms with van der Waals surface area (Å²) in [5.41, 5.74) is 12.4. The Labute approximate surface area is 327 Å². The smallest absolute Gasteiger partial charge is 0.456 e. The van der Waals surface area contributed by atoms with E-state index in [1.165, 1.54) is 10.8 Å². The Morgan fingerprint density at radius 2 is 0.789 bits per heavy atom. The van der Waals surface area contributed by atoms with Crippen LogP contribution in [-0.4, -0.2) is 26.3 Å². The maximum absolute atomic E-state index is 10.2. The summed E-state index contributed by atoms with van der Waals surface area (Å²) in [4.78, 5) is 0. The second-order valence-corrected chi connectivity index (χ2v) is 14.4. The summed E-state index contributed by atoms with van der Waals surface area (Å²) in [7, 11) is -1.58. The third-order valence-electron chi connectivity index (χ3n) is 11.3. The van der Waals surface area contributed by atoms with Crippen LogP contribution in [0.2, 0.25) is 0 Å². The number of para-hydroxylation sites is 3. The minimum absolute atomic E-state index is 0.448. The maximum atomic E-state index is 10.2. The molecule has 0 unspecified atom stereocenters. The molecule has 7 heteroatoms. The lowest BCUT2D eigenvalue weighted by Gasteiger charge is -2.10. The fraction of sp³-hybridized carbons (Fsp3) is 0.0400. The number of furan rings is 2. The van der Waals surface area contributed by atoms with Crippen LogP contribution in [-0.2, 0) is 0 Å². The summed E-state index contributed by atoms with van der Waals surface area (Å²) in [6.45, 7) is 4.00. The second-order valence-electron chi connectivity index (χ2n) is 14.4. The number of nitrogens with zero attached hydrogens (tertiary/aromatic N) is 2. The first kappa shape index (κ1) is 33.3. The van der Waals surface area contributed by atoms with Gasteiger partial charge in [0.15, 0.2) is 0 Å². The lowest BCUT2D eigenvalue weighted by Crippen LogP contribution is -2.29. The Kier molecular flexibility index (Phi) is 7.45. The number of hydrogen-bond acceptors (Lipinski definition) is 4. The van der Waals surface area contributed by atoms with E-state index < -0.39 is 7.12 Å². The molecule has 0 amide bonds. The molecule has 0 saturated carbocycles. The lowest BCUT2D eigenvalue weighted by atomic mass is 9.80. The first-order valence-electron chi connectivity index (χ1n) is 19.4. The first-order valence-corrected chi connectivity index (χ1v) is 19.4. The van der Waals surface area contributed by atoms with Crippen LogP contribution in [0.4, 0.5) is 0 Å². The zero-order chi connectivity index (χ0) is 38.4. The first-order chi connectivity index (χ1) is 28.1. The predicted octanol–water partition coefficient (Wildman–Crippen LogP) is 12.1. The fourth-order valence-corrected chi connectivity index (χ4v) is 8.80. The molecule has 0 atom stereocenters. The van der Waals surface area contributed by atoms with E-state index in [1.807, 2.05) is 62.4 Å². The third-order valence-corrected chi connectivity index (χ3v) is 11.3. The molecule has 4 aromatic heterocycles. The molecule has 2 N–H and O–H groups in total. The summed E-state index contributed by atoms with van der Waals surface area (Å²) in [5, 5.41) is 29.0. The monoisotopic (exact) mass is 738 g/mol. The summed E-state index contributed by atoms with van der Waals surface area (Å²) >= 11 is 0. The van der Waals surface area contributed by atoms with Crippen LogP contribution < -0.4 is 5.46 Å². The van der Waals surface area contributed by atoms with Gasteiger partial charge in [0.25, 0.3) is 0 Å². The normalized spacial score (nSPS) is 11.9. The highest BCUT2D eigenvalue weighted by molar-refractivity contribution is 6.59. The van der Waals surface area contributed by atoms with Crippen molar-refractivity contribution in [3.05, 3.63) is 164 Å². The molecule has 0 aliphatic heterocycles. The second kappa shape index (κ2) is 12.7. The van der Waals surface area contributed by atoms with E-state index in [0.29, 0.717) is 5.46 Å². The molecule has 4 heterocycles. The van der Waals surface area contributed by atoms with E-state index in [9.17, 15) is 10.0 Å². The van der Waals surface area contributed by atoms with Crippen LogP contribution in [0.5, 0.6) is 0 Å². The highest BCUT2D eigenvalue weighted by Gasteiger charge is 2.20. The van der Waals surface area contributed by atoms with Crippen LogP contribution in [0, 0.1) is 0 Å². The third kappa shape index (κ3) is 5.00. The molecule has 0 radical (unpaired) electrons. The van der Waals surface area contributed by atoms with Crippen molar-refractivity contribution in [3.8, 4) is 22.5 Å². The lowest BCUT2D eigenvalue weighted by molar-refractivity contribution is 0.426.